The number of rotatable bonds is 7. The lowest BCUT2D eigenvalue weighted by Crippen LogP contribution is -2.42. The second-order valence-corrected chi connectivity index (χ2v) is 6.83. The third-order valence-corrected chi connectivity index (χ3v) is 4.65. The van der Waals surface area contributed by atoms with Crippen LogP contribution in [0.15, 0.2) is 72.8 Å². The summed E-state index contributed by atoms with van der Waals surface area (Å²) in [6.45, 7) is 3.96. The molecule has 3 aromatic rings. The van der Waals surface area contributed by atoms with E-state index < -0.39 is 0 Å². The summed E-state index contributed by atoms with van der Waals surface area (Å²) in [7, 11) is 0. The van der Waals surface area contributed by atoms with E-state index in [1.165, 1.54) is 10.9 Å². The maximum atomic E-state index is 12.5. The van der Waals surface area contributed by atoms with Gasteiger partial charge in [0.2, 0.25) is 5.91 Å². The average Bonchev–Trinajstić information content (AvgIpc) is 2.67. The molecule has 0 fully saturated rings. The van der Waals surface area contributed by atoms with E-state index in [9.17, 15) is 4.79 Å². The highest BCUT2D eigenvalue weighted by molar-refractivity contribution is 5.95. The molecule has 0 aliphatic heterocycles. The van der Waals surface area contributed by atoms with Crippen LogP contribution in [0.2, 0.25) is 0 Å². The first kappa shape index (κ1) is 18.0. The summed E-state index contributed by atoms with van der Waals surface area (Å²) in [5.41, 5.74) is 2.29. The Morgan fingerprint density at radius 2 is 1.58 bits per heavy atom. The number of carbonyl (C=O) groups excluding carboxylic acids is 1. The molecule has 3 aromatic carbocycles. The normalized spacial score (nSPS) is 13.2. The number of hydrogen-bond acceptors (Lipinski definition) is 2. The van der Waals surface area contributed by atoms with Gasteiger partial charge in [0.05, 0.1) is 0 Å². The average molecular weight is 346 g/mol. The van der Waals surface area contributed by atoms with Crippen molar-refractivity contribution in [3.8, 4) is 0 Å². The zero-order valence-corrected chi connectivity index (χ0v) is 15.4. The van der Waals surface area contributed by atoms with Crippen LogP contribution in [0.25, 0.3) is 10.8 Å². The SMILES string of the molecule is C[C@H](CCc1ccccc1)NC(=O)[C@@H](C)Nc1cccc2ccccc12. The fourth-order valence-electron chi connectivity index (χ4n) is 3.12. The van der Waals surface area contributed by atoms with Crippen molar-refractivity contribution in [2.75, 3.05) is 5.32 Å². The molecule has 26 heavy (non-hydrogen) atoms. The third-order valence-electron chi connectivity index (χ3n) is 4.65. The molecule has 0 aliphatic carbocycles. The minimum atomic E-state index is -0.292. The summed E-state index contributed by atoms with van der Waals surface area (Å²) in [5.74, 6) is 0.0264. The van der Waals surface area contributed by atoms with E-state index in [0.29, 0.717) is 0 Å². The van der Waals surface area contributed by atoms with Crippen molar-refractivity contribution in [1.29, 1.82) is 0 Å². The van der Waals surface area contributed by atoms with Crippen LogP contribution in [-0.2, 0) is 11.2 Å². The minimum absolute atomic E-state index is 0.0264. The Hall–Kier alpha value is -2.81. The lowest BCUT2D eigenvalue weighted by atomic mass is 10.1. The van der Waals surface area contributed by atoms with Crippen molar-refractivity contribution in [2.24, 2.45) is 0 Å². The number of anilines is 1. The first-order valence-corrected chi connectivity index (χ1v) is 9.22. The molecule has 1 amide bonds. The molecule has 0 saturated heterocycles. The van der Waals surface area contributed by atoms with E-state index in [2.05, 4.69) is 60.0 Å². The third kappa shape index (κ3) is 4.63. The van der Waals surface area contributed by atoms with Crippen molar-refractivity contribution >= 4 is 22.4 Å². The molecule has 3 nitrogen and oxygen atoms in total. The summed E-state index contributed by atoms with van der Waals surface area (Å²) in [6.07, 6.45) is 1.89. The molecular weight excluding hydrogens is 320 g/mol. The summed E-state index contributed by atoms with van der Waals surface area (Å²) < 4.78 is 0. The van der Waals surface area contributed by atoms with Crippen LogP contribution in [0.3, 0.4) is 0 Å². The summed E-state index contributed by atoms with van der Waals surface area (Å²) in [6, 6.07) is 24.5. The molecule has 0 aromatic heterocycles. The van der Waals surface area contributed by atoms with Crippen LogP contribution in [-0.4, -0.2) is 18.0 Å². The van der Waals surface area contributed by atoms with Crippen molar-refractivity contribution in [3.05, 3.63) is 78.4 Å². The van der Waals surface area contributed by atoms with E-state index in [1.54, 1.807) is 0 Å². The molecule has 0 saturated carbocycles. The molecule has 0 bridgehead atoms. The molecule has 2 N–H and O–H groups in total. The summed E-state index contributed by atoms with van der Waals surface area (Å²) in [5, 5.41) is 8.77. The number of amides is 1. The van der Waals surface area contributed by atoms with Crippen LogP contribution >= 0.6 is 0 Å². The van der Waals surface area contributed by atoms with Gasteiger partial charge in [-0.15, -0.1) is 0 Å². The van der Waals surface area contributed by atoms with Crippen LogP contribution in [0.4, 0.5) is 5.69 Å². The van der Waals surface area contributed by atoms with Gasteiger partial charge in [-0.2, -0.15) is 0 Å². The Balaban J connectivity index is 1.55. The first-order valence-electron chi connectivity index (χ1n) is 9.22. The smallest absolute Gasteiger partial charge is 0.242 e. The van der Waals surface area contributed by atoms with Crippen molar-refractivity contribution < 1.29 is 4.79 Å². The van der Waals surface area contributed by atoms with Gasteiger partial charge in [0.15, 0.2) is 0 Å². The molecule has 0 spiro atoms. The van der Waals surface area contributed by atoms with E-state index in [-0.39, 0.29) is 18.0 Å². The molecule has 0 radical (unpaired) electrons. The molecule has 3 heteroatoms. The molecular formula is C23H26N2O. The van der Waals surface area contributed by atoms with Gasteiger partial charge in [0.25, 0.3) is 0 Å². The maximum absolute atomic E-state index is 12.5. The second kappa shape index (κ2) is 8.52. The van der Waals surface area contributed by atoms with Crippen molar-refractivity contribution in [1.82, 2.24) is 5.32 Å². The summed E-state index contributed by atoms with van der Waals surface area (Å²) in [4.78, 5) is 12.5. The number of fused-ring (bicyclic) bond motifs is 1. The lowest BCUT2D eigenvalue weighted by molar-refractivity contribution is -0.122. The lowest BCUT2D eigenvalue weighted by Gasteiger charge is -2.20. The number of benzene rings is 3. The van der Waals surface area contributed by atoms with Crippen LogP contribution in [0.5, 0.6) is 0 Å². The Labute approximate surface area is 155 Å². The van der Waals surface area contributed by atoms with Gasteiger partial charge in [-0.1, -0.05) is 66.7 Å². The highest BCUT2D eigenvalue weighted by Gasteiger charge is 2.16. The highest BCUT2D eigenvalue weighted by Crippen LogP contribution is 2.23. The molecule has 0 aliphatic rings. The van der Waals surface area contributed by atoms with E-state index in [0.717, 1.165) is 23.9 Å². The molecule has 3 rings (SSSR count). The Morgan fingerprint density at radius 3 is 2.38 bits per heavy atom. The van der Waals surface area contributed by atoms with Gasteiger partial charge in [-0.05, 0) is 43.7 Å². The number of aryl methyl sites for hydroxylation is 1. The van der Waals surface area contributed by atoms with Gasteiger partial charge in [0.1, 0.15) is 6.04 Å². The van der Waals surface area contributed by atoms with Gasteiger partial charge in [0, 0.05) is 17.1 Å². The second-order valence-electron chi connectivity index (χ2n) is 6.83. The van der Waals surface area contributed by atoms with Gasteiger partial charge in [-0.3, -0.25) is 4.79 Å². The molecule has 0 heterocycles. The molecule has 134 valence electrons. The minimum Gasteiger partial charge on any atom is -0.373 e. The van der Waals surface area contributed by atoms with E-state index >= 15 is 0 Å². The van der Waals surface area contributed by atoms with Gasteiger partial charge >= 0.3 is 0 Å². The monoisotopic (exact) mass is 346 g/mol. The standard InChI is InChI=1S/C23H26N2O/c1-17(15-16-19-9-4-3-5-10-19)24-23(26)18(2)25-22-14-8-12-20-11-6-7-13-21(20)22/h3-14,17-18,25H,15-16H2,1-2H3,(H,24,26)/t17-,18-/m1/s1. The zero-order chi connectivity index (χ0) is 18.4. The van der Waals surface area contributed by atoms with Crippen LogP contribution in [0.1, 0.15) is 25.8 Å². The van der Waals surface area contributed by atoms with Crippen molar-refractivity contribution in [3.63, 3.8) is 0 Å². The Morgan fingerprint density at radius 1 is 0.885 bits per heavy atom. The summed E-state index contributed by atoms with van der Waals surface area (Å²) >= 11 is 0. The van der Waals surface area contributed by atoms with Crippen LogP contribution in [0, 0.1) is 0 Å². The predicted octanol–water partition coefficient (Wildman–Crippen LogP) is 4.78. The van der Waals surface area contributed by atoms with E-state index in [4.69, 9.17) is 0 Å². The Kier molecular flexibility index (Phi) is 5.90. The largest absolute Gasteiger partial charge is 0.373 e. The fraction of sp³-hybridized carbons (Fsp3) is 0.261. The molecule has 0 unspecified atom stereocenters. The van der Waals surface area contributed by atoms with Gasteiger partial charge in [-0.25, -0.2) is 0 Å². The van der Waals surface area contributed by atoms with Crippen molar-refractivity contribution in [2.45, 2.75) is 38.8 Å². The topological polar surface area (TPSA) is 41.1 Å². The highest BCUT2D eigenvalue weighted by atomic mass is 16.2. The Bertz CT molecular complexity index is 855. The number of carbonyl (C=O) groups is 1. The fourth-order valence-corrected chi connectivity index (χ4v) is 3.12. The number of nitrogens with one attached hydrogen (secondary N) is 2. The van der Waals surface area contributed by atoms with E-state index in [1.807, 2.05) is 37.3 Å². The van der Waals surface area contributed by atoms with Gasteiger partial charge < -0.3 is 10.6 Å². The number of hydrogen-bond donors (Lipinski definition) is 2. The zero-order valence-electron chi connectivity index (χ0n) is 15.4. The molecule has 2 atom stereocenters. The quantitative estimate of drug-likeness (QED) is 0.646. The first-order chi connectivity index (χ1) is 12.6. The van der Waals surface area contributed by atoms with Crippen LogP contribution < -0.4 is 10.6 Å². The maximum Gasteiger partial charge on any atom is 0.242 e. The predicted molar refractivity (Wildman–Crippen MR) is 109 cm³/mol.